The van der Waals surface area contributed by atoms with Crippen LogP contribution in [0.5, 0.6) is 11.5 Å². The molecule has 168 valence electrons. The maximum atomic E-state index is 15.3. The molecule has 0 unspecified atom stereocenters. The van der Waals surface area contributed by atoms with Crippen LogP contribution in [0.25, 0.3) is 22.4 Å². The predicted octanol–water partition coefficient (Wildman–Crippen LogP) is 6.09. The van der Waals surface area contributed by atoms with Crippen molar-refractivity contribution in [2.75, 3.05) is 27.9 Å². The summed E-state index contributed by atoms with van der Waals surface area (Å²) in [6.07, 6.45) is 1.45. The Bertz CT molecular complexity index is 994. The third-order valence-corrected chi connectivity index (χ3v) is 5.59. The highest BCUT2D eigenvalue weighted by molar-refractivity contribution is 7.08. The lowest BCUT2D eigenvalue weighted by Crippen LogP contribution is -2.15. The van der Waals surface area contributed by atoms with E-state index in [4.69, 9.17) is 9.47 Å². The topological polar surface area (TPSA) is 49.7 Å². The van der Waals surface area contributed by atoms with Gasteiger partial charge in [-0.15, -0.1) is 0 Å². The van der Waals surface area contributed by atoms with Crippen LogP contribution in [0, 0.1) is 5.82 Å². The minimum Gasteiger partial charge on any atom is -0.493 e. The molecule has 1 aliphatic heterocycles. The van der Waals surface area contributed by atoms with Crippen LogP contribution in [-0.4, -0.2) is 38.8 Å². The van der Waals surface area contributed by atoms with Gasteiger partial charge in [0.1, 0.15) is 0 Å². The molecule has 0 bridgehead atoms. The molecule has 3 aromatic rings. The molecule has 1 aromatic carbocycles. The second-order valence-corrected chi connectivity index (χ2v) is 7.18. The van der Waals surface area contributed by atoms with Crippen molar-refractivity contribution in [3.63, 3.8) is 0 Å². The van der Waals surface area contributed by atoms with Crippen LogP contribution in [0.1, 0.15) is 36.8 Å². The summed E-state index contributed by atoms with van der Waals surface area (Å²) in [7, 11) is 4.60. The number of nitrogens with zero attached hydrogens (tertiary/aromatic N) is 1. The van der Waals surface area contributed by atoms with E-state index in [-0.39, 0.29) is 5.75 Å². The second-order valence-electron chi connectivity index (χ2n) is 6.40. The number of ether oxygens (including phenoxy) is 3. The van der Waals surface area contributed by atoms with Gasteiger partial charge in [-0.05, 0) is 53.4 Å². The lowest BCUT2D eigenvalue weighted by Gasteiger charge is -2.24. The normalized spacial score (nSPS) is 11.2. The Labute approximate surface area is 187 Å². The molecule has 3 heterocycles. The zero-order valence-electron chi connectivity index (χ0n) is 19.0. The van der Waals surface area contributed by atoms with Crippen LogP contribution in [0.4, 0.5) is 4.39 Å². The van der Waals surface area contributed by atoms with E-state index in [1.54, 1.807) is 18.4 Å². The van der Waals surface area contributed by atoms with Gasteiger partial charge in [0, 0.05) is 31.4 Å². The molecule has 0 fully saturated rings. The Balaban J connectivity index is 0.000000513. The van der Waals surface area contributed by atoms with Gasteiger partial charge in [0.15, 0.2) is 23.6 Å². The third-order valence-electron chi connectivity index (χ3n) is 4.91. The summed E-state index contributed by atoms with van der Waals surface area (Å²) in [6.45, 7) is 7.40. The van der Waals surface area contributed by atoms with Gasteiger partial charge in [-0.2, -0.15) is 11.3 Å². The van der Waals surface area contributed by atoms with E-state index >= 15 is 4.39 Å². The Morgan fingerprint density at radius 1 is 1.19 bits per heavy atom. The SMILES string of the molecule is CC.CCOC.COc1cc2c(c(F)c1OC)-c1c(-c3ccsc3)cc(C=O)n1CC2. The number of fused-ring (bicyclic) bond motifs is 3. The Kier molecular flexibility index (Phi) is 9.27. The molecule has 4 rings (SSSR count). The monoisotopic (exact) mass is 447 g/mol. The number of halogens is 1. The molecule has 7 heteroatoms. The Hall–Kier alpha value is -2.64. The van der Waals surface area contributed by atoms with Gasteiger partial charge in [0.2, 0.25) is 0 Å². The van der Waals surface area contributed by atoms with Crippen molar-refractivity contribution >= 4 is 17.6 Å². The fourth-order valence-electron chi connectivity index (χ4n) is 3.50. The molecule has 0 radical (unpaired) electrons. The zero-order valence-corrected chi connectivity index (χ0v) is 19.8. The summed E-state index contributed by atoms with van der Waals surface area (Å²) in [5.41, 5.74) is 4.45. The first-order valence-corrected chi connectivity index (χ1v) is 11.2. The first-order chi connectivity index (χ1) is 15.1. The van der Waals surface area contributed by atoms with E-state index in [0.717, 1.165) is 35.3 Å². The summed E-state index contributed by atoms with van der Waals surface area (Å²) in [6, 6.07) is 5.63. The van der Waals surface area contributed by atoms with Gasteiger partial charge in [-0.1, -0.05) is 13.8 Å². The average molecular weight is 448 g/mol. The molecule has 0 saturated carbocycles. The molecule has 5 nitrogen and oxygen atoms in total. The smallest absolute Gasteiger partial charge is 0.197 e. The van der Waals surface area contributed by atoms with E-state index in [0.29, 0.717) is 30.0 Å². The standard InChI is InChI=1S/C19H16FNO3S.C3H8O.C2H6/c1-23-15-7-11-3-5-21-13(9-22)8-14(12-4-6-25-10-12)18(21)16(11)17(20)19(15)24-2;1-3-4-2;1-2/h4,6-10H,3,5H2,1-2H3;3H2,1-2H3;1-2H3. The van der Waals surface area contributed by atoms with Gasteiger partial charge in [-0.25, -0.2) is 4.39 Å². The molecule has 0 saturated heterocycles. The van der Waals surface area contributed by atoms with E-state index in [2.05, 4.69) is 4.74 Å². The van der Waals surface area contributed by atoms with Crippen molar-refractivity contribution in [2.24, 2.45) is 0 Å². The van der Waals surface area contributed by atoms with Gasteiger partial charge in [-0.3, -0.25) is 4.79 Å². The van der Waals surface area contributed by atoms with Gasteiger partial charge < -0.3 is 18.8 Å². The maximum Gasteiger partial charge on any atom is 0.197 e. The summed E-state index contributed by atoms with van der Waals surface area (Å²) < 4.78 is 32.2. The number of hydrogen-bond donors (Lipinski definition) is 0. The molecule has 31 heavy (non-hydrogen) atoms. The van der Waals surface area contributed by atoms with Crippen molar-refractivity contribution in [1.29, 1.82) is 0 Å². The molecule has 0 spiro atoms. The number of methoxy groups -OCH3 is 3. The van der Waals surface area contributed by atoms with Crippen LogP contribution >= 0.6 is 11.3 Å². The largest absolute Gasteiger partial charge is 0.493 e. The van der Waals surface area contributed by atoms with Crippen molar-refractivity contribution in [3.8, 4) is 33.9 Å². The van der Waals surface area contributed by atoms with E-state index < -0.39 is 5.82 Å². The summed E-state index contributed by atoms with van der Waals surface area (Å²) in [4.78, 5) is 11.5. The molecule has 0 aliphatic carbocycles. The summed E-state index contributed by atoms with van der Waals surface area (Å²) in [5, 5.41) is 3.96. The molecular formula is C24H30FNO4S. The van der Waals surface area contributed by atoms with Crippen molar-refractivity contribution in [1.82, 2.24) is 4.57 Å². The van der Waals surface area contributed by atoms with Crippen LogP contribution in [-0.2, 0) is 17.7 Å². The first kappa shape index (κ1) is 24.6. The fourth-order valence-corrected chi connectivity index (χ4v) is 4.16. The van der Waals surface area contributed by atoms with Crippen LogP contribution in [0.2, 0.25) is 0 Å². The highest BCUT2D eigenvalue weighted by Gasteiger charge is 2.30. The number of thiophene rings is 1. The van der Waals surface area contributed by atoms with Crippen molar-refractivity contribution in [3.05, 3.63) is 46.0 Å². The first-order valence-electron chi connectivity index (χ1n) is 10.2. The number of aromatic nitrogens is 1. The van der Waals surface area contributed by atoms with Crippen LogP contribution in [0.15, 0.2) is 29.0 Å². The Morgan fingerprint density at radius 2 is 1.90 bits per heavy atom. The molecule has 0 amide bonds. The summed E-state index contributed by atoms with van der Waals surface area (Å²) >= 11 is 1.57. The quantitative estimate of drug-likeness (QED) is 0.444. The number of hydrogen-bond acceptors (Lipinski definition) is 5. The van der Waals surface area contributed by atoms with Crippen LogP contribution < -0.4 is 9.47 Å². The van der Waals surface area contributed by atoms with Crippen LogP contribution in [0.3, 0.4) is 0 Å². The van der Waals surface area contributed by atoms with E-state index in [1.807, 2.05) is 54.3 Å². The summed E-state index contributed by atoms with van der Waals surface area (Å²) in [5.74, 6) is 0.0103. The molecule has 2 aromatic heterocycles. The number of rotatable bonds is 5. The molecule has 0 N–H and O–H groups in total. The van der Waals surface area contributed by atoms with Gasteiger partial charge >= 0.3 is 0 Å². The second kappa shape index (κ2) is 11.7. The van der Waals surface area contributed by atoms with Crippen molar-refractivity contribution in [2.45, 2.75) is 33.7 Å². The average Bonchev–Trinajstić information content (AvgIpc) is 3.47. The zero-order chi connectivity index (χ0) is 23.0. The van der Waals surface area contributed by atoms with Gasteiger partial charge in [0.05, 0.1) is 25.6 Å². The molecule has 0 atom stereocenters. The van der Waals surface area contributed by atoms with E-state index in [9.17, 15) is 4.79 Å². The molecule has 1 aliphatic rings. The molecular weight excluding hydrogens is 417 g/mol. The maximum absolute atomic E-state index is 15.3. The lowest BCUT2D eigenvalue weighted by atomic mass is 9.93. The highest BCUT2D eigenvalue weighted by atomic mass is 32.1. The highest BCUT2D eigenvalue weighted by Crippen LogP contribution is 2.46. The Morgan fingerprint density at radius 3 is 2.42 bits per heavy atom. The minimum atomic E-state index is -0.454. The predicted molar refractivity (Wildman–Crippen MR) is 124 cm³/mol. The van der Waals surface area contributed by atoms with Gasteiger partial charge in [0.25, 0.3) is 0 Å². The number of carbonyl (C=O) groups excluding carboxylic acids is 1. The minimum absolute atomic E-state index is 0.0832. The third kappa shape index (κ3) is 4.83. The van der Waals surface area contributed by atoms with E-state index in [1.165, 1.54) is 14.2 Å². The number of aldehydes is 1. The number of aryl methyl sites for hydroxylation is 1. The lowest BCUT2D eigenvalue weighted by molar-refractivity contribution is 0.111. The number of benzene rings is 1. The fraction of sp³-hybridized carbons (Fsp3) is 0.375. The van der Waals surface area contributed by atoms with Crippen molar-refractivity contribution < 1.29 is 23.4 Å². The number of carbonyl (C=O) groups is 1.